The van der Waals surface area contributed by atoms with Gasteiger partial charge in [-0.25, -0.2) is 8.78 Å². The highest BCUT2D eigenvalue weighted by molar-refractivity contribution is 6.30. The summed E-state index contributed by atoms with van der Waals surface area (Å²) in [6.45, 7) is 2.85. The van der Waals surface area contributed by atoms with Crippen LogP contribution in [0.1, 0.15) is 6.42 Å². The van der Waals surface area contributed by atoms with Crippen LogP contribution in [0.15, 0.2) is 42.5 Å². The molecule has 1 saturated heterocycles. The highest BCUT2D eigenvalue weighted by atomic mass is 35.5. The normalized spacial score (nSPS) is 14.4. The van der Waals surface area contributed by atoms with Crippen molar-refractivity contribution in [3.63, 3.8) is 0 Å². The maximum Gasteiger partial charge on any atom is 0.224 e. The summed E-state index contributed by atoms with van der Waals surface area (Å²) >= 11 is 6.02. The number of halogens is 3. The number of para-hydroxylation sites is 1. The van der Waals surface area contributed by atoms with E-state index in [-0.39, 0.29) is 24.6 Å². The molecule has 1 fully saturated rings. The van der Waals surface area contributed by atoms with Crippen molar-refractivity contribution in [1.29, 1.82) is 0 Å². The van der Waals surface area contributed by atoms with Crippen LogP contribution in [-0.2, 0) is 4.79 Å². The van der Waals surface area contributed by atoms with E-state index < -0.39 is 11.6 Å². The topological polar surface area (TPSA) is 35.6 Å². The third-order valence-electron chi connectivity index (χ3n) is 4.41. The number of carbonyl (C=O) groups is 1. The van der Waals surface area contributed by atoms with Gasteiger partial charge in [0.25, 0.3) is 0 Å². The Hall–Kier alpha value is -2.34. The lowest BCUT2D eigenvalue weighted by molar-refractivity contribution is -0.131. The second-order valence-electron chi connectivity index (χ2n) is 6.12. The predicted molar refractivity (Wildman–Crippen MR) is 99.7 cm³/mol. The lowest BCUT2D eigenvalue weighted by Crippen LogP contribution is -2.49. The number of nitrogens with one attached hydrogen (secondary N) is 1. The molecule has 3 rings (SSSR count). The monoisotopic (exact) mass is 379 g/mol. The first-order valence-corrected chi connectivity index (χ1v) is 8.88. The van der Waals surface area contributed by atoms with Gasteiger partial charge < -0.3 is 15.1 Å². The molecule has 0 aliphatic carbocycles. The molecule has 0 spiro atoms. The number of amides is 1. The summed E-state index contributed by atoms with van der Waals surface area (Å²) in [5.41, 5.74) is 0.854. The van der Waals surface area contributed by atoms with E-state index in [1.165, 1.54) is 18.2 Å². The molecule has 2 aromatic rings. The van der Waals surface area contributed by atoms with Crippen LogP contribution in [0.25, 0.3) is 0 Å². The molecule has 2 aromatic carbocycles. The Morgan fingerprint density at radius 1 is 1.04 bits per heavy atom. The summed E-state index contributed by atoms with van der Waals surface area (Å²) in [6.07, 6.45) is 0.185. The number of anilines is 2. The molecule has 0 unspecified atom stereocenters. The molecule has 7 heteroatoms. The number of nitrogens with zero attached hydrogens (tertiary/aromatic N) is 2. The third kappa shape index (κ3) is 4.43. The quantitative estimate of drug-likeness (QED) is 0.859. The third-order valence-corrected chi connectivity index (χ3v) is 4.64. The molecule has 1 aliphatic heterocycles. The van der Waals surface area contributed by atoms with E-state index in [1.54, 1.807) is 4.90 Å². The van der Waals surface area contributed by atoms with Gasteiger partial charge in [0, 0.05) is 49.9 Å². The minimum absolute atomic E-state index is 0.0278. The largest absolute Gasteiger partial charge is 0.380 e. The number of piperazine rings is 1. The number of benzene rings is 2. The summed E-state index contributed by atoms with van der Waals surface area (Å²) < 4.78 is 27.1. The molecule has 4 nitrogen and oxygen atoms in total. The maximum atomic E-state index is 13.5. The van der Waals surface area contributed by atoms with Crippen LogP contribution in [0.2, 0.25) is 5.02 Å². The first-order chi connectivity index (χ1) is 12.5. The average molecular weight is 380 g/mol. The van der Waals surface area contributed by atoms with Crippen LogP contribution >= 0.6 is 11.6 Å². The van der Waals surface area contributed by atoms with Crippen molar-refractivity contribution in [3.8, 4) is 0 Å². The van der Waals surface area contributed by atoms with Crippen molar-refractivity contribution in [2.75, 3.05) is 42.9 Å². The Kier molecular flexibility index (Phi) is 5.93. The summed E-state index contributed by atoms with van der Waals surface area (Å²) in [7, 11) is 0. The van der Waals surface area contributed by atoms with Crippen LogP contribution in [0.4, 0.5) is 20.2 Å². The van der Waals surface area contributed by atoms with E-state index >= 15 is 0 Å². The molecule has 138 valence electrons. The summed E-state index contributed by atoms with van der Waals surface area (Å²) in [6, 6.07) is 11.3. The Balaban J connectivity index is 1.47. The van der Waals surface area contributed by atoms with Gasteiger partial charge in [-0.1, -0.05) is 23.7 Å². The molecule has 0 atom stereocenters. The van der Waals surface area contributed by atoms with Gasteiger partial charge in [0.1, 0.15) is 17.3 Å². The SMILES string of the molecule is O=C(CCNc1c(F)cccc1F)N1CCN(c2cccc(Cl)c2)CC1. The van der Waals surface area contributed by atoms with Crippen LogP contribution in [-0.4, -0.2) is 43.5 Å². The van der Waals surface area contributed by atoms with E-state index in [4.69, 9.17) is 11.6 Å². The zero-order chi connectivity index (χ0) is 18.5. The Morgan fingerprint density at radius 3 is 2.35 bits per heavy atom. The molecular formula is C19H20ClF2N3O. The molecule has 26 heavy (non-hydrogen) atoms. The predicted octanol–water partition coefficient (Wildman–Crippen LogP) is 3.77. The van der Waals surface area contributed by atoms with E-state index in [1.807, 2.05) is 24.3 Å². The van der Waals surface area contributed by atoms with Gasteiger partial charge in [-0.15, -0.1) is 0 Å². The van der Waals surface area contributed by atoms with Gasteiger partial charge in [0.2, 0.25) is 5.91 Å². The average Bonchev–Trinajstić information content (AvgIpc) is 2.64. The molecule has 0 saturated carbocycles. The zero-order valence-electron chi connectivity index (χ0n) is 14.2. The first-order valence-electron chi connectivity index (χ1n) is 8.51. The van der Waals surface area contributed by atoms with Crippen LogP contribution in [0.5, 0.6) is 0 Å². The molecule has 1 amide bonds. The van der Waals surface area contributed by atoms with Crippen molar-refractivity contribution in [3.05, 3.63) is 59.1 Å². The van der Waals surface area contributed by atoms with Gasteiger partial charge in [0.15, 0.2) is 0 Å². The van der Waals surface area contributed by atoms with Crippen molar-refractivity contribution in [2.24, 2.45) is 0 Å². The van der Waals surface area contributed by atoms with Crippen LogP contribution in [0, 0.1) is 11.6 Å². The number of hydrogen-bond donors (Lipinski definition) is 1. The van der Waals surface area contributed by atoms with Gasteiger partial charge in [0.05, 0.1) is 0 Å². The lowest BCUT2D eigenvalue weighted by Gasteiger charge is -2.36. The highest BCUT2D eigenvalue weighted by Crippen LogP contribution is 2.21. The highest BCUT2D eigenvalue weighted by Gasteiger charge is 2.21. The zero-order valence-corrected chi connectivity index (χ0v) is 15.0. The molecule has 0 bridgehead atoms. The standard InChI is InChI=1S/C19H20ClF2N3O/c20-14-3-1-4-15(13-14)24-9-11-25(12-10-24)18(26)7-8-23-19-16(21)5-2-6-17(19)22/h1-6,13,23H,7-12H2. The van der Waals surface area contributed by atoms with E-state index in [2.05, 4.69) is 10.2 Å². The molecular weight excluding hydrogens is 360 g/mol. The number of carbonyl (C=O) groups excluding carboxylic acids is 1. The summed E-state index contributed by atoms with van der Waals surface area (Å²) in [5, 5.41) is 3.36. The van der Waals surface area contributed by atoms with Gasteiger partial charge in [-0.3, -0.25) is 4.79 Å². The smallest absolute Gasteiger partial charge is 0.224 e. The number of hydrogen-bond acceptors (Lipinski definition) is 3. The minimum Gasteiger partial charge on any atom is -0.380 e. The van der Waals surface area contributed by atoms with Gasteiger partial charge in [-0.2, -0.15) is 0 Å². The van der Waals surface area contributed by atoms with Crippen LogP contribution < -0.4 is 10.2 Å². The summed E-state index contributed by atoms with van der Waals surface area (Å²) in [4.78, 5) is 16.3. The van der Waals surface area contributed by atoms with E-state index in [0.717, 1.165) is 18.8 Å². The summed E-state index contributed by atoms with van der Waals surface area (Å²) in [5.74, 6) is -1.35. The van der Waals surface area contributed by atoms with Gasteiger partial charge >= 0.3 is 0 Å². The maximum absolute atomic E-state index is 13.5. The second-order valence-corrected chi connectivity index (χ2v) is 6.56. The minimum atomic E-state index is -0.660. The fourth-order valence-corrected chi connectivity index (χ4v) is 3.19. The van der Waals surface area contributed by atoms with Gasteiger partial charge in [-0.05, 0) is 30.3 Å². The van der Waals surface area contributed by atoms with Crippen molar-refractivity contribution >= 4 is 28.9 Å². The van der Waals surface area contributed by atoms with E-state index in [0.29, 0.717) is 18.1 Å². The molecule has 0 aromatic heterocycles. The Bertz CT molecular complexity index is 759. The van der Waals surface area contributed by atoms with Crippen molar-refractivity contribution in [1.82, 2.24) is 4.90 Å². The fourth-order valence-electron chi connectivity index (χ4n) is 3.01. The van der Waals surface area contributed by atoms with Crippen LogP contribution in [0.3, 0.4) is 0 Å². The molecule has 0 radical (unpaired) electrons. The first kappa shape index (κ1) is 18.5. The second kappa shape index (κ2) is 8.36. The fraction of sp³-hybridized carbons (Fsp3) is 0.316. The Labute approximate surface area is 156 Å². The van der Waals surface area contributed by atoms with E-state index in [9.17, 15) is 13.6 Å². The Morgan fingerprint density at radius 2 is 1.69 bits per heavy atom. The molecule has 1 heterocycles. The lowest BCUT2D eigenvalue weighted by atomic mass is 10.2. The molecule has 1 N–H and O–H groups in total. The van der Waals surface area contributed by atoms with Crippen molar-refractivity contribution in [2.45, 2.75) is 6.42 Å². The van der Waals surface area contributed by atoms with Crippen molar-refractivity contribution < 1.29 is 13.6 Å². The molecule has 1 aliphatic rings. The number of rotatable bonds is 5.